The van der Waals surface area contributed by atoms with Gasteiger partial charge in [-0.2, -0.15) is 10.4 Å². The number of ether oxygens (including phenoxy) is 1. The quantitative estimate of drug-likeness (QED) is 0.732. The fourth-order valence-corrected chi connectivity index (χ4v) is 3.00. The van der Waals surface area contributed by atoms with Crippen molar-refractivity contribution >= 4 is 11.2 Å². The van der Waals surface area contributed by atoms with Crippen LogP contribution >= 0.6 is 0 Å². The fraction of sp³-hybridized carbons (Fsp3) is 0.350. The van der Waals surface area contributed by atoms with E-state index in [9.17, 15) is 0 Å². The molecule has 0 aliphatic carbocycles. The third-order valence-electron chi connectivity index (χ3n) is 4.27. The molecule has 1 atom stereocenters. The van der Waals surface area contributed by atoms with Gasteiger partial charge in [-0.05, 0) is 42.7 Å². The van der Waals surface area contributed by atoms with Crippen LogP contribution in [0.3, 0.4) is 0 Å². The molecule has 0 radical (unpaired) electrons. The molecule has 3 aromatic rings. The molecule has 0 unspecified atom stereocenters. The van der Waals surface area contributed by atoms with E-state index in [0.29, 0.717) is 18.1 Å². The minimum Gasteiger partial charge on any atom is -0.383 e. The van der Waals surface area contributed by atoms with Crippen molar-refractivity contribution in [3.8, 4) is 17.5 Å². The minimum absolute atomic E-state index is 0.188. The second-order valence-corrected chi connectivity index (χ2v) is 6.72. The third kappa shape index (κ3) is 3.53. The smallest absolute Gasteiger partial charge is 0.101 e. The Morgan fingerprint density at radius 1 is 1.23 bits per heavy atom. The van der Waals surface area contributed by atoms with Crippen molar-refractivity contribution < 1.29 is 4.74 Å². The van der Waals surface area contributed by atoms with E-state index in [1.54, 1.807) is 17.8 Å². The van der Waals surface area contributed by atoms with E-state index in [1.807, 2.05) is 24.4 Å². The zero-order valence-electron chi connectivity index (χ0n) is 15.5. The van der Waals surface area contributed by atoms with Gasteiger partial charge in [0.15, 0.2) is 0 Å². The summed E-state index contributed by atoms with van der Waals surface area (Å²) >= 11 is 0. The van der Waals surface area contributed by atoms with Crippen molar-refractivity contribution in [3.63, 3.8) is 0 Å². The summed E-state index contributed by atoms with van der Waals surface area (Å²) in [5.41, 5.74) is 5.36. The Morgan fingerprint density at radius 2 is 2.04 bits per heavy atom. The lowest BCUT2D eigenvalue weighted by Gasteiger charge is -2.20. The van der Waals surface area contributed by atoms with Crippen molar-refractivity contribution in [3.05, 3.63) is 47.8 Å². The Balaban J connectivity index is 2.04. The van der Waals surface area contributed by atoms with Crippen molar-refractivity contribution in [2.75, 3.05) is 19.0 Å². The van der Waals surface area contributed by atoms with Crippen LogP contribution in [0.15, 0.2) is 36.7 Å². The molecule has 0 aliphatic heterocycles. The number of nitrogens with one attached hydrogen (secondary N) is 1. The molecule has 26 heavy (non-hydrogen) atoms. The van der Waals surface area contributed by atoms with Crippen LogP contribution in [0.25, 0.3) is 16.9 Å². The Morgan fingerprint density at radius 3 is 2.73 bits per heavy atom. The minimum atomic E-state index is 0.188. The van der Waals surface area contributed by atoms with Crippen LogP contribution < -0.4 is 5.32 Å². The van der Waals surface area contributed by atoms with Gasteiger partial charge in [-0.3, -0.25) is 4.98 Å². The first-order valence-corrected chi connectivity index (χ1v) is 8.67. The van der Waals surface area contributed by atoms with Gasteiger partial charge in [0.05, 0.1) is 35.3 Å². The first-order chi connectivity index (χ1) is 12.5. The number of nitriles is 1. The Labute approximate surface area is 153 Å². The van der Waals surface area contributed by atoms with Gasteiger partial charge in [0.2, 0.25) is 0 Å². The fourth-order valence-electron chi connectivity index (χ4n) is 3.00. The first-order valence-electron chi connectivity index (χ1n) is 8.67. The van der Waals surface area contributed by atoms with Gasteiger partial charge >= 0.3 is 0 Å². The number of nitrogens with zero attached hydrogens (tertiary/aromatic N) is 4. The maximum absolute atomic E-state index is 9.04. The highest BCUT2D eigenvalue weighted by Crippen LogP contribution is 2.29. The van der Waals surface area contributed by atoms with Gasteiger partial charge < -0.3 is 10.1 Å². The molecule has 1 N–H and O–H groups in total. The van der Waals surface area contributed by atoms with E-state index in [4.69, 9.17) is 10.00 Å². The second kappa shape index (κ2) is 7.54. The third-order valence-corrected chi connectivity index (χ3v) is 4.27. The number of methoxy groups -OCH3 is 1. The molecular formula is C20H23N5O. The molecule has 6 nitrogen and oxygen atoms in total. The summed E-state index contributed by atoms with van der Waals surface area (Å²) in [6, 6.07) is 10.1. The predicted octanol–water partition coefficient (Wildman–Crippen LogP) is 3.84. The van der Waals surface area contributed by atoms with E-state index in [1.165, 1.54) is 0 Å². The van der Waals surface area contributed by atoms with Crippen molar-refractivity contribution in [2.24, 2.45) is 0 Å². The van der Waals surface area contributed by atoms with E-state index in [0.717, 1.165) is 28.2 Å². The van der Waals surface area contributed by atoms with Gasteiger partial charge in [0.25, 0.3) is 0 Å². The number of anilines is 1. The van der Waals surface area contributed by atoms with Gasteiger partial charge in [-0.1, -0.05) is 13.8 Å². The average Bonchev–Trinajstić information content (AvgIpc) is 3.04. The average molecular weight is 349 g/mol. The molecule has 3 heterocycles. The number of fused-ring (bicyclic) bond motifs is 1. The number of pyridine rings is 1. The molecule has 0 fully saturated rings. The highest BCUT2D eigenvalue weighted by Gasteiger charge is 2.14. The van der Waals surface area contributed by atoms with Crippen molar-refractivity contribution in [1.82, 2.24) is 14.6 Å². The lowest BCUT2D eigenvalue weighted by atomic mass is 10.0. The van der Waals surface area contributed by atoms with Crippen LogP contribution in [0.1, 0.15) is 37.8 Å². The van der Waals surface area contributed by atoms with Crippen LogP contribution in [0.2, 0.25) is 0 Å². The van der Waals surface area contributed by atoms with Gasteiger partial charge in [-0.25, -0.2) is 4.52 Å². The van der Waals surface area contributed by atoms with Crippen molar-refractivity contribution in [2.45, 2.75) is 32.7 Å². The number of rotatable bonds is 6. The SMILES string of the molecule is COC[C@H](C)Nc1cc(-c2ccc3cc(C#N)cnn23)ncc1C(C)C. The van der Waals surface area contributed by atoms with E-state index >= 15 is 0 Å². The summed E-state index contributed by atoms with van der Waals surface area (Å²) < 4.78 is 7.05. The standard InChI is InChI=1S/C20H23N5O/c1-13(2)17-11-22-19(8-18(17)24-14(3)12-26-4)20-6-5-16-7-15(9-21)10-23-25(16)20/h5-8,10-11,13-14H,12H2,1-4H3,(H,22,24)/t14-/m0/s1. The zero-order chi connectivity index (χ0) is 18.7. The molecule has 3 rings (SSSR count). The van der Waals surface area contributed by atoms with Crippen LogP contribution in [-0.2, 0) is 4.74 Å². The predicted molar refractivity (Wildman–Crippen MR) is 102 cm³/mol. The molecule has 3 aromatic heterocycles. The second-order valence-electron chi connectivity index (χ2n) is 6.72. The van der Waals surface area contributed by atoms with Gasteiger partial charge in [0.1, 0.15) is 6.07 Å². The summed E-state index contributed by atoms with van der Waals surface area (Å²) in [6.45, 7) is 7.02. The zero-order valence-corrected chi connectivity index (χ0v) is 15.5. The van der Waals surface area contributed by atoms with Gasteiger partial charge in [0, 0.05) is 25.0 Å². The summed E-state index contributed by atoms with van der Waals surface area (Å²) in [5.74, 6) is 0.356. The highest BCUT2D eigenvalue weighted by atomic mass is 16.5. The van der Waals surface area contributed by atoms with E-state index < -0.39 is 0 Å². The molecule has 0 aromatic carbocycles. The molecule has 6 heteroatoms. The van der Waals surface area contributed by atoms with E-state index in [-0.39, 0.29) is 6.04 Å². The first kappa shape index (κ1) is 17.9. The summed E-state index contributed by atoms with van der Waals surface area (Å²) in [6.07, 6.45) is 3.49. The topological polar surface area (TPSA) is 75.2 Å². The monoisotopic (exact) mass is 349 g/mol. The normalized spacial score (nSPS) is 12.3. The molecule has 0 bridgehead atoms. The summed E-state index contributed by atoms with van der Waals surface area (Å²) in [4.78, 5) is 4.65. The van der Waals surface area contributed by atoms with Crippen LogP contribution in [-0.4, -0.2) is 34.4 Å². The Hall–Kier alpha value is -2.91. The largest absolute Gasteiger partial charge is 0.383 e. The van der Waals surface area contributed by atoms with Gasteiger partial charge in [-0.15, -0.1) is 0 Å². The van der Waals surface area contributed by atoms with E-state index in [2.05, 4.69) is 48.3 Å². The van der Waals surface area contributed by atoms with Crippen LogP contribution in [0.4, 0.5) is 5.69 Å². The molecular weight excluding hydrogens is 326 g/mol. The van der Waals surface area contributed by atoms with Crippen LogP contribution in [0.5, 0.6) is 0 Å². The maximum Gasteiger partial charge on any atom is 0.101 e. The summed E-state index contributed by atoms with van der Waals surface area (Å²) in [5, 5.41) is 16.9. The maximum atomic E-state index is 9.04. The Kier molecular flexibility index (Phi) is 5.19. The molecule has 0 spiro atoms. The molecule has 134 valence electrons. The molecule has 0 amide bonds. The van der Waals surface area contributed by atoms with Crippen LogP contribution in [0, 0.1) is 11.3 Å². The number of hydrogen-bond donors (Lipinski definition) is 1. The highest BCUT2D eigenvalue weighted by molar-refractivity contribution is 5.69. The molecule has 0 saturated heterocycles. The molecule has 0 aliphatic rings. The lowest BCUT2D eigenvalue weighted by molar-refractivity contribution is 0.190. The van der Waals surface area contributed by atoms with Crippen molar-refractivity contribution in [1.29, 1.82) is 5.26 Å². The Bertz CT molecular complexity index is 954. The number of aromatic nitrogens is 3. The number of hydrogen-bond acceptors (Lipinski definition) is 5. The summed E-state index contributed by atoms with van der Waals surface area (Å²) in [7, 11) is 1.70. The molecule has 0 saturated carbocycles. The lowest BCUT2D eigenvalue weighted by Crippen LogP contribution is -2.22.